The number of sulfonamides is 1. The second-order valence-corrected chi connectivity index (χ2v) is 7.36. The number of alkyl halides is 3. The highest BCUT2D eigenvalue weighted by molar-refractivity contribution is 7.88. The number of aromatic nitrogens is 1. The summed E-state index contributed by atoms with van der Waals surface area (Å²) in [6, 6.07) is 3.56. The predicted molar refractivity (Wildman–Crippen MR) is 85.2 cm³/mol. The van der Waals surface area contributed by atoms with Crippen LogP contribution in [0.2, 0.25) is 0 Å². The molecule has 1 N–H and O–H groups in total. The molecule has 1 aliphatic heterocycles. The van der Waals surface area contributed by atoms with Gasteiger partial charge in [0.2, 0.25) is 10.0 Å². The molecule has 3 rings (SSSR count). The van der Waals surface area contributed by atoms with Crippen LogP contribution in [0.1, 0.15) is 5.56 Å². The normalized spacial score (nSPS) is 15.4. The maximum Gasteiger partial charge on any atom is 0.416 e. The van der Waals surface area contributed by atoms with Gasteiger partial charge in [-0.15, -0.1) is 0 Å². The van der Waals surface area contributed by atoms with E-state index in [9.17, 15) is 21.6 Å². The van der Waals surface area contributed by atoms with Crippen LogP contribution in [0, 0.1) is 0 Å². The van der Waals surface area contributed by atoms with Crippen molar-refractivity contribution in [2.24, 2.45) is 0 Å². The highest BCUT2D eigenvalue weighted by atomic mass is 32.2. The summed E-state index contributed by atoms with van der Waals surface area (Å²) in [4.78, 5) is 5.35. The Morgan fingerprint density at radius 3 is 2.64 bits per heavy atom. The highest BCUT2D eigenvalue weighted by Gasteiger charge is 2.32. The second-order valence-electron chi connectivity index (χ2n) is 5.62. The van der Waals surface area contributed by atoms with Crippen LogP contribution < -0.4 is 9.62 Å². The molecule has 6 nitrogen and oxygen atoms in total. The molecule has 0 amide bonds. The maximum absolute atomic E-state index is 13.2. The van der Waals surface area contributed by atoms with E-state index in [2.05, 4.69) is 9.71 Å². The van der Waals surface area contributed by atoms with Crippen LogP contribution in [0.4, 0.5) is 18.9 Å². The quantitative estimate of drug-likeness (QED) is 0.892. The third-order valence-corrected chi connectivity index (χ3v) is 4.20. The fourth-order valence-electron chi connectivity index (χ4n) is 2.52. The summed E-state index contributed by atoms with van der Waals surface area (Å²) in [5.74, 6) is 0.217. The molecule has 0 aliphatic carbocycles. The van der Waals surface area contributed by atoms with Gasteiger partial charge in [-0.2, -0.15) is 13.2 Å². The topological polar surface area (TPSA) is 75.4 Å². The van der Waals surface area contributed by atoms with Crippen molar-refractivity contribution in [3.05, 3.63) is 48.1 Å². The number of benzene rings is 1. The van der Waals surface area contributed by atoms with Crippen molar-refractivity contribution in [3.63, 3.8) is 0 Å². The van der Waals surface area contributed by atoms with Crippen LogP contribution in [0.3, 0.4) is 0 Å². The molecule has 2 heterocycles. The number of oxazole rings is 1. The standard InChI is InChI=1S/C15H14F3N3O3S/c1-25(22,23)20-12-2-3-21(8-12)13-5-10(14-7-19-9-24-14)4-11(6-13)15(16,17)18/h2,4-7,9,20H,3,8H2,1H3. The van der Waals surface area contributed by atoms with E-state index in [1.807, 2.05) is 0 Å². The van der Waals surface area contributed by atoms with Crippen molar-refractivity contribution < 1.29 is 26.0 Å². The van der Waals surface area contributed by atoms with Crippen molar-refractivity contribution >= 4 is 15.7 Å². The summed E-state index contributed by atoms with van der Waals surface area (Å²) >= 11 is 0. The van der Waals surface area contributed by atoms with E-state index in [1.165, 1.54) is 6.20 Å². The Hall–Kier alpha value is -2.49. The molecule has 10 heteroatoms. The molecular weight excluding hydrogens is 359 g/mol. The van der Waals surface area contributed by atoms with E-state index < -0.39 is 21.8 Å². The summed E-state index contributed by atoms with van der Waals surface area (Å²) in [6.07, 6.45) is 0.586. The van der Waals surface area contributed by atoms with Gasteiger partial charge < -0.3 is 9.32 Å². The first-order chi connectivity index (χ1) is 11.6. The maximum atomic E-state index is 13.2. The number of halogens is 3. The highest BCUT2D eigenvalue weighted by Crippen LogP contribution is 2.36. The Morgan fingerprint density at radius 1 is 1.28 bits per heavy atom. The SMILES string of the molecule is CS(=O)(=O)NC1=CCN(c2cc(-c3cnco3)cc(C(F)(F)F)c2)C1. The van der Waals surface area contributed by atoms with E-state index in [0.29, 0.717) is 11.4 Å². The fraction of sp³-hybridized carbons (Fsp3) is 0.267. The summed E-state index contributed by atoms with van der Waals surface area (Å²) in [6.45, 7) is 0.444. The second kappa shape index (κ2) is 6.10. The van der Waals surface area contributed by atoms with Gasteiger partial charge in [0, 0.05) is 23.5 Å². The molecule has 0 saturated heterocycles. The number of nitrogens with one attached hydrogen (secondary N) is 1. The summed E-state index contributed by atoms with van der Waals surface area (Å²) in [5.41, 5.74) is 0.150. The zero-order valence-corrected chi connectivity index (χ0v) is 13.9. The molecule has 25 heavy (non-hydrogen) atoms. The van der Waals surface area contributed by atoms with Crippen molar-refractivity contribution in [3.8, 4) is 11.3 Å². The number of nitrogens with zero attached hydrogens (tertiary/aromatic N) is 2. The first-order valence-electron chi connectivity index (χ1n) is 7.15. The Labute approximate surface area is 142 Å². The lowest BCUT2D eigenvalue weighted by molar-refractivity contribution is -0.137. The van der Waals surface area contributed by atoms with E-state index in [4.69, 9.17) is 4.42 Å². The molecule has 0 unspecified atom stereocenters. The molecule has 2 aromatic rings. The largest absolute Gasteiger partial charge is 0.444 e. The number of rotatable bonds is 4. The molecule has 0 fully saturated rings. The summed E-state index contributed by atoms with van der Waals surface area (Å²) < 4.78 is 69.6. The van der Waals surface area contributed by atoms with Crippen LogP contribution in [0.25, 0.3) is 11.3 Å². The molecule has 0 saturated carbocycles. The summed E-state index contributed by atoms with van der Waals surface area (Å²) in [7, 11) is -3.44. The lowest BCUT2D eigenvalue weighted by Gasteiger charge is -2.21. The third kappa shape index (κ3) is 4.13. The Bertz CT molecular complexity index is 906. The molecule has 1 aromatic carbocycles. The zero-order valence-electron chi connectivity index (χ0n) is 13.0. The lowest BCUT2D eigenvalue weighted by Crippen LogP contribution is -2.27. The van der Waals surface area contributed by atoms with Gasteiger partial charge in [0.1, 0.15) is 0 Å². The van der Waals surface area contributed by atoms with Gasteiger partial charge >= 0.3 is 6.18 Å². The van der Waals surface area contributed by atoms with Crippen LogP contribution in [0.15, 0.2) is 47.0 Å². The van der Waals surface area contributed by atoms with Crippen molar-refractivity contribution in [2.45, 2.75) is 6.18 Å². The Morgan fingerprint density at radius 2 is 2.04 bits per heavy atom. The molecule has 1 aliphatic rings. The van der Waals surface area contributed by atoms with Crippen LogP contribution in [-0.2, 0) is 16.2 Å². The molecule has 0 radical (unpaired) electrons. The first-order valence-corrected chi connectivity index (χ1v) is 9.04. The molecule has 0 atom stereocenters. The fourth-order valence-corrected chi connectivity index (χ4v) is 3.15. The Kier molecular flexibility index (Phi) is 4.23. The van der Waals surface area contributed by atoms with Gasteiger partial charge in [-0.25, -0.2) is 13.4 Å². The minimum atomic E-state index is -4.52. The van der Waals surface area contributed by atoms with Gasteiger partial charge in [0.05, 0.1) is 24.6 Å². The van der Waals surface area contributed by atoms with E-state index >= 15 is 0 Å². The number of hydrogen-bond acceptors (Lipinski definition) is 5. The predicted octanol–water partition coefficient (Wildman–Crippen LogP) is 2.61. The van der Waals surface area contributed by atoms with Crippen molar-refractivity contribution in [2.75, 3.05) is 24.2 Å². The Balaban J connectivity index is 1.93. The number of anilines is 1. The van der Waals surface area contributed by atoms with Crippen LogP contribution in [-0.4, -0.2) is 32.7 Å². The molecule has 1 aromatic heterocycles. The molecular formula is C15H14F3N3O3S. The van der Waals surface area contributed by atoms with Crippen LogP contribution >= 0.6 is 0 Å². The number of hydrogen-bond donors (Lipinski definition) is 1. The van der Waals surface area contributed by atoms with Gasteiger partial charge in [-0.1, -0.05) is 0 Å². The average molecular weight is 373 g/mol. The summed E-state index contributed by atoms with van der Waals surface area (Å²) in [5, 5.41) is 0. The average Bonchev–Trinajstić information content (AvgIpc) is 3.15. The van der Waals surface area contributed by atoms with Crippen molar-refractivity contribution in [1.29, 1.82) is 0 Å². The van der Waals surface area contributed by atoms with E-state index in [-0.39, 0.29) is 24.4 Å². The molecule has 0 spiro atoms. The van der Waals surface area contributed by atoms with Gasteiger partial charge in [-0.3, -0.25) is 4.72 Å². The molecule has 0 bridgehead atoms. The third-order valence-electron chi connectivity index (χ3n) is 3.56. The zero-order chi connectivity index (χ0) is 18.2. The van der Waals surface area contributed by atoms with E-state index in [1.54, 1.807) is 17.0 Å². The lowest BCUT2D eigenvalue weighted by atomic mass is 10.1. The monoisotopic (exact) mass is 373 g/mol. The van der Waals surface area contributed by atoms with Gasteiger partial charge in [0.25, 0.3) is 0 Å². The molecule has 134 valence electrons. The minimum absolute atomic E-state index is 0.157. The van der Waals surface area contributed by atoms with Crippen LogP contribution in [0.5, 0.6) is 0 Å². The van der Waals surface area contributed by atoms with Gasteiger partial charge in [-0.05, 0) is 24.3 Å². The smallest absolute Gasteiger partial charge is 0.416 e. The van der Waals surface area contributed by atoms with Gasteiger partial charge in [0.15, 0.2) is 12.2 Å². The van der Waals surface area contributed by atoms with Crippen molar-refractivity contribution in [1.82, 2.24) is 9.71 Å². The first kappa shape index (κ1) is 17.3. The van der Waals surface area contributed by atoms with E-state index in [0.717, 1.165) is 24.8 Å². The minimum Gasteiger partial charge on any atom is -0.444 e.